The molecule has 0 spiro atoms. The molecule has 1 heterocycles. The molecule has 2 nitrogen and oxygen atoms in total. The van der Waals surface area contributed by atoms with E-state index in [-0.39, 0.29) is 5.56 Å². The molecular formula is C21H16F2N2. The van der Waals surface area contributed by atoms with Gasteiger partial charge in [-0.05, 0) is 29.8 Å². The minimum atomic E-state index is -0.546. The molecule has 1 aliphatic rings. The average Bonchev–Trinajstić information content (AvgIpc) is 3.08. The predicted octanol–water partition coefficient (Wildman–Crippen LogP) is 5.32. The summed E-state index contributed by atoms with van der Waals surface area (Å²) < 4.78 is 28.8. The molecule has 1 atom stereocenters. The maximum atomic E-state index is 14.4. The van der Waals surface area contributed by atoms with E-state index in [0.717, 1.165) is 17.0 Å². The summed E-state index contributed by atoms with van der Waals surface area (Å²) in [4.78, 5) is 0. The van der Waals surface area contributed by atoms with E-state index in [1.165, 1.54) is 18.2 Å². The van der Waals surface area contributed by atoms with E-state index in [9.17, 15) is 8.78 Å². The second-order valence-electron chi connectivity index (χ2n) is 5.95. The smallest absolute Gasteiger partial charge is 0.131 e. The minimum absolute atomic E-state index is 0.0565. The van der Waals surface area contributed by atoms with Crippen molar-refractivity contribution >= 4 is 11.4 Å². The Morgan fingerprint density at radius 2 is 1.36 bits per heavy atom. The molecule has 3 aromatic rings. The maximum Gasteiger partial charge on any atom is 0.131 e. The van der Waals surface area contributed by atoms with Crippen LogP contribution in [0.2, 0.25) is 0 Å². The summed E-state index contributed by atoms with van der Waals surface area (Å²) in [6.45, 7) is 0. The third-order valence-corrected chi connectivity index (χ3v) is 4.37. The topological polar surface area (TPSA) is 15.6 Å². The molecule has 0 radical (unpaired) electrons. The van der Waals surface area contributed by atoms with Crippen LogP contribution in [0.3, 0.4) is 0 Å². The molecule has 3 aromatic carbocycles. The highest BCUT2D eigenvalue weighted by Gasteiger charge is 2.33. The van der Waals surface area contributed by atoms with E-state index in [1.54, 1.807) is 5.01 Å². The first-order valence-corrected chi connectivity index (χ1v) is 8.15. The maximum absolute atomic E-state index is 14.4. The first-order chi connectivity index (χ1) is 12.2. The highest BCUT2D eigenvalue weighted by Crippen LogP contribution is 2.38. The van der Waals surface area contributed by atoms with Gasteiger partial charge in [0.1, 0.15) is 11.6 Å². The molecule has 0 N–H and O–H groups in total. The van der Waals surface area contributed by atoms with E-state index in [0.29, 0.717) is 6.42 Å². The molecule has 0 bridgehead atoms. The third-order valence-electron chi connectivity index (χ3n) is 4.37. The fourth-order valence-corrected chi connectivity index (χ4v) is 3.19. The Hall–Kier alpha value is -3.01. The van der Waals surface area contributed by atoms with Gasteiger partial charge in [0.05, 0.1) is 17.4 Å². The summed E-state index contributed by atoms with van der Waals surface area (Å²) in [5, 5.41) is 6.40. The molecule has 0 amide bonds. The van der Waals surface area contributed by atoms with Crippen molar-refractivity contribution in [1.29, 1.82) is 0 Å². The van der Waals surface area contributed by atoms with Gasteiger partial charge in [-0.1, -0.05) is 54.6 Å². The SMILES string of the molecule is Fc1cccc(F)c1C1CC(c2ccccc2)=NN1c1ccccc1. The van der Waals surface area contributed by atoms with Gasteiger partial charge in [0.2, 0.25) is 0 Å². The van der Waals surface area contributed by atoms with Gasteiger partial charge in [-0.25, -0.2) is 8.78 Å². The Labute approximate surface area is 145 Å². The van der Waals surface area contributed by atoms with Gasteiger partial charge < -0.3 is 0 Å². The van der Waals surface area contributed by atoms with Crippen molar-refractivity contribution in [2.24, 2.45) is 5.10 Å². The first kappa shape index (κ1) is 15.5. The van der Waals surface area contributed by atoms with Crippen molar-refractivity contribution in [2.45, 2.75) is 12.5 Å². The van der Waals surface area contributed by atoms with Crippen LogP contribution in [-0.2, 0) is 0 Å². The van der Waals surface area contributed by atoms with Crippen molar-refractivity contribution in [2.75, 3.05) is 5.01 Å². The summed E-state index contributed by atoms with van der Waals surface area (Å²) in [6.07, 6.45) is 0.441. The van der Waals surface area contributed by atoms with Crippen molar-refractivity contribution in [3.8, 4) is 0 Å². The second kappa shape index (κ2) is 6.48. The standard InChI is InChI=1S/C21H16F2N2/c22-17-12-7-13-18(23)21(17)20-14-19(15-8-3-1-4-9-15)24-25(20)16-10-5-2-6-11-16/h1-13,20H,14H2. The summed E-state index contributed by atoms with van der Waals surface area (Å²) in [7, 11) is 0. The van der Waals surface area contributed by atoms with E-state index >= 15 is 0 Å². The molecule has 124 valence electrons. The van der Waals surface area contributed by atoms with Gasteiger partial charge in [-0.2, -0.15) is 5.10 Å². The van der Waals surface area contributed by atoms with Gasteiger partial charge in [0, 0.05) is 12.0 Å². The van der Waals surface area contributed by atoms with Crippen LogP contribution in [0.5, 0.6) is 0 Å². The number of halogens is 2. The molecule has 0 fully saturated rings. The van der Waals surface area contributed by atoms with Crippen LogP contribution < -0.4 is 5.01 Å². The summed E-state index contributed by atoms with van der Waals surface area (Å²) in [5.74, 6) is -1.09. The van der Waals surface area contributed by atoms with Crippen LogP contribution in [0, 0.1) is 11.6 Å². The Bertz CT molecular complexity index is 887. The normalized spacial score (nSPS) is 16.8. The van der Waals surface area contributed by atoms with Crippen LogP contribution in [0.1, 0.15) is 23.6 Å². The van der Waals surface area contributed by atoms with E-state index in [2.05, 4.69) is 5.10 Å². The molecule has 0 saturated carbocycles. The number of para-hydroxylation sites is 1. The number of hydrogen-bond acceptors (Lipinski definition) is 2. The number of nitrogens with zero attached hydrogens (tertiary/aromatic N) is 2. The lowest BCUT2D eigenvalue weighted by Gasteiger charge is -2.24. The molecule has 4 heteroatoms. The van der Waals surface area contributed by atoms with E-state index in [4.69, 9.17) is 0 Å². The zero-order valence-electron chi connectivity index (χ0n) is 13.4. The number of rotatable bonds is 3. The number of hydrazone groups is 1. The highest BCUT2D eigenvalue weighted by molar-refractivity contribution is 6.03. The largest absolute Gasteiger partial charge is 0.257 e. The summed E-state index contributed by atoms with van der Waals surface area (Å²) in [6, 6.07) is 22.6. The lowest BCUT2D eigenvalue weighted by atomic mass is 9.97. The fourth-order valence-electron chi connectivity index (χ4n) is 3.19. The average molecular weight is 334 g/mol. The molecule has 0 aliphatic carbocycles. The molecule has 0 saturated heterocycles. The predicted molar refractivity (Wildman–Crippen MR) is 95.6 cm³/mol. The van der Waals surface area contributed by atoms with Crippen molar-refractivity contribution in [3.05, 3.63) is 102 Å². The lowest BCUT2D eigenvalue weighted by molar-refractivity contribution is 0.524. The Morgan fingerprint density at radius 3 is 2.00 bits per heavy atom. The highest BCUT2D eigenvalue weighted by atomic mass is 19.1. The zero-order valence-corrected chi connectivity index (χ0v) is 13.4. The number of hydrogen-bond donors (Lipinski definition) is 0. The number of benzene rings is 3. The Balaban J connectivity index is 1.81. The van der Waals surface area contributed by atoms with Crippen LogP contribution >= 0.6 is 0 Å². The quantitative estimate of drug-likeness (QED) is 0.633. The van der Waals surface area contributed by atoms with Gasteiger partial charge in [-0.3, -0.25) is 5.01 Å². The molecule has 1 aliphatic heterocycles. The van der Waals surface area contributed by atoms with Gasteiger partial charge in [0.15, 0.2) is 0 Å². The minimum Gasteiger partial charge on any atom is -0.257 e. The van der Waals surface area contributed by atoms with Crippen molar-refractivity contribution in [3.63, 3.8) is 0 Å². The second-order valence-corrected chi connectivity index (χ2v) is 5.95. The molecule has 1 unspecified atom stereocenters. The van der Waals surface area contributed by atoms with Crippen LogP contribution in [-0.4, -0.2) is 5.71 Å². The Kier molecular flexibility index (Phi) is 4.02. The van der Waals surface area contributed by atoms with Gasteiger partial charge in [-0.15, -0.1) is 0 Å². The molecule has 25 heavy (non-hydrogen) atoms. The molecule has 0 aromatic heterocycles. The zero-order chi connectivity index (χ0) is 17.2. The van der Waals surface area contributed by atoms with Gasteiger partial charge >= 0.3 is 0 Å². The summed E-state index contributed by atoms with van der Waals surface area (Å²) >= 11 is 0. The molecular weight excluding hydrogens is 318 g/mol. The third kappa shape index (κ3) is 2.91. The van der Waals surface area contributed by atoms with E-state index in [1.807, 2.05) is 60.7 Å². The van der Waals surface area contributed by atoms with E-state index < -0.39 is 17.7 Å². The van der Waals surface area contributed by atoms with Crippen LogP contribution in [0.4, 0.5) is 14.5 Å². The van der Waals surface area contributed by atoms with Crippen molar-refractivity contribution in [1.82, 2.24) is 0 Å². The van der Waals surface area contributed by atoms with Crippen LogP contribution in [0.15, 0.2) is 84.0 Å². The summed E-state index contributed by atoms with van der Waals surface area (Å²) in [5.41, 5.74) is 2.64. The lowest BCUT2D eigenvalue weighted by Crippen LogP contribution is -2.20. The fraction of sp³-hybridized carbons (Fsp3) is 0.0952. The van der Waals surface area contributed by atoms with Crippen molar-refractivity contribution < 1.29 is 8.78 Å². The monoisotopic (exact) mass is 334 g/mol. The first-order valence-electron chi connectivity index (χ1n) is 8.15. The van der Waals surface area contributed by atoms with Crippen LogP contribution in [0.25, 0.3) is 0 Å². The Morgan fingerprint density at radius 1 is 0.760 bits per heavy atom. The number of anilines is 1. The molecule has 4 rings (SSSR count). The van der Waals surface area contributed by atoms with Gasteiger partial charge in [0.25, 0.3) is 0 Å².